The highest BCUT2D eigenvalue weighted by molar-refractivity contribution is 5.80. The Hall–Kier alpha value is -1.03. The fraction of sp³-hybridized carbons (Fsp3) is 0.824. The molecule has 2 aliphatic rings. The molecule has 144 valence electrons. The van der Waals surface area contributed by atoms with Crippen molar-refractivity contribution >= 4 is 5.97 Å². The van der Waals surface area contributed by atoms with E-state index >= 15 is 0 Å². The molecular formula is C17H28O8. The van der Waals surface area contributed by atoms with Gasteiger partial charge in [-0.2, -0.15) is 0 Å². The molecule has 1 heterocycles. The number of ether oxygens (including phenoxy) is 7. The van der Waals surface area contributed by atoms with E-state index in [4.69, 9.17) is 33.2 Å². The summed E-state index contributed by atoms with van der Waals surface area (Å²) in [4.78, 5) is 12.4. The van der Waals surface area contributed by atoms with Crippen LogP contribution in [0.2, 0.25) is 0 Å². The molecule has 1 aliphatic heterocycles. The molecule has 0 radical (unpaired) electrons. The first-order chi connectivity index (χ1) is 11.7. The van der Waals surface area contributed by atoms with Gasteiger partial charge in [-0.3, -0.25) is 0 Å². The number of carbonyl (C=O) groups is 1. The second-order valence-electron chi connectivity index (χ2n) is 6.57. The van der Waals surface area contributed by atoms with Crippen LogP contribution in [0.5, 0.6) is 0 Å². The molecule has 0 bridgehead atoms. The van der Waals surface area contributed by atoms with Gasteiger partial charge in [0.1, 0.15) is 12.9 Å². The summed E-state index contributed by atoms with van der Waals surface area (Å²) in [5.41, 5.74) is -0.596. The number of rotatable bonds is 6. The number of hydrogen-bond acceptors (Lipinski definition) is 8. The normalized spacial score (nSPS) is 41.3. The molecule has 1 aliphatic carbocycles. The number of fused-ring (bicyclic) bond motifs is 1. The van der Waals surface area contributed by atoms with Gasteiger partial charge in [-0.15, -0.1) is 0 Å². The molecule has 0 amide bonds. The Morgan fingerprint density at radius 2 is 1.76 bits per heavy atom. The van der Waals surface area contributed by atoms with Crippen molar-refractivity contribution in [2.24, 2.45) is 0 Å². The Morgan fingerprint density at radius 1 is 1.16 bits per heavy atom. The molecule has 2 rings (SSSR count). The Labute approximate surface area is 148 Å². The highest BCUT2D eigenvalue weighted by Crippen LogP contribution is 2.47. The summed E-state index contributed by atoms with van der Waals surface area (Å²) in [5.74, 6) is -2.82. The zero-order valence-electron chi connectivity index (χ0n) is 15.7. The fourth-order valence-corrected chi connectivity index (χ4v) is 3.39. The highest BCUT2D eigenvalue weighted by Gasteiger charge is 2.61. The van der Waals surface area contributed by atoms with E-state index in [0.29, 0.717) is 5.57 Å². The molecule has 8 heteroatoms. The second kappa shape index (κ2) is 7.30. The van der Waals surface area contributed by atoms with Crippen LogP contribution in [0.15, 0.2) is 12.2 Å². The van der Waals surface area contributed by atoms with Gasteiger partial charge in [-0.1, -0.05) is 6.58 Å². The van der Waals surface area contributed by atoms with Crippen molar-refractivity contribution in [3.05, 3.63) is 12.2 Å². The van der Waals surface area contributed by atoms with Gasteiger partial charge in [0, 0.05) is 34.2 Å². The lowest BCUT2D eigenvalue weighted by Crippen LogP contribution is -2.68. The number of esters is 1. The predicted octanol–water partition coefficient (Wildman–Crippen LogP) is 1.38. The quantitative estimate of drug-likeness (QED) is 0.399. The molecular weight excluding hydrogens is 332 g/mol. The van der Waals surface area contributed by atoms with Crippen molar-refractivity contribution < 1.29 is 38.0 Å². The Balaban J connectivity index is 2.34. The molecule has 0 aromatic rings. The van der Waals surface area contributed by atoms with Crippen molar-refractivity contribution in [1.29, 1.82) is 0 Å². The van der Waals surface area contributed by atoms with E-state index in [2.05, 4.69) is 6.58 Å². The van der Waals surface area contributed by atoms with Crippen LogP contribution in [0.25, 0.3) is 0 Å². The fourth-order valence-electron chi connectivity index (χ4n) is 3.39. The third-order valence-electron chi connectivity index (χ3n) is 5.13. The number of carbonyl (C=O) groups excluding carboxylic acids is 1. The van der Waals surface area contributed by atoms with Gasteiger partial charge in [0.05, 0.1) is 13.2 Å². The zero-order valence-corrected chi connectivity index (χ0v) is 15.7. The van der Waals surface area contributed by atoms with E-state index in [9.17, 15) is 4.79 Å². The van der Waals surface area contributed by atoms with Crippen LogP contribution in [0.1, 0.15) is 26.7 Å². The molecule has 25 heavy (non-hydrogen) atoms. The van der Waals surface area contributed by atoms with E-state index in [1.165, 1.54) is 28.4 Å². The molecule has 1 saturated heterocycles. The minimum Gasteiger partial charge on any atom is -0.467 e. The van der Waals surface area contributed by atoms with Gasteiger partial charge in [-0.05, 0) is 19.4 Å². The summed E-state index contributed by atoms with van der Waals surface area (Å²) in [7, 11) is 5.83. The summed E-state index contributed by atoms with van der Waals surface area (Å²) in [6.45, 7) is 7.47. The predicted molar refractivity (Wildman–Crippen MR) is 86.7 cm³/mol. The largest absolute Gasteiger partial charge is 0.467 e. The SMILES string of the molecule is C=C1C[C@@](OCOC)(C(=O)OC)C[C@H]2O[C@](C)(OC)[C@@](C)(OC)O[C@H]12. The van der Waals surface area contributed by atoms with Crippen molar-refractivity contribution in [1.82, 2.24) is 0 Å². The summed E-state index contributed by atoms with van der Waals surface area (Å²) in [6.07, 6.45) is -0.537. The Kier molecular flexibility index (Phi) is 5.92. The van der Waals surface area contributed by atoms with Gasteiger partial charge in [-0.25, -0.2) is 4.79 Å². The van der Waals surface area contributed by atoms with E-state index in [0.717, 1.165) is 0 Å². The molecule has 0 spiro atoms. The van der Waals surface area contributed by atoms with Gasteiger partial charge < -0.3 is 33.2 Å². The van der Waals surface area contributed by atoms with Crippen molar-refractivity contribution in [3.63, 3.8) is 0 Å². The maximum absolute atomic E-state index is 12.4. The maximum atomic E-state index is 12.4. The van der Waals surface area contributed by atoms with Crippen LogP contribution in [0.3, 0.4) is 0 Å². The number of methoxy groups -OCH3 is 4. The summed E-state index contributed by atoms with van der Waals surface area (Å²) < 4.78 is 39.0. The van der Waals surface area contributed by atoms with Crippen molar-refractivity contribution in [2.75, 3.05) is 35.2 Å². The van der Waals surface area contributed by atoms with E-state index < -0.39 is 35.4 Å². The average Bonchev–Trinajstić information content (AvgIpc) is 2.61. The van der Waals surface area contributed by atoms with E-state index in [1.807, 2.05) is 0 Å². The van der Waals surface area contributed by atoms with Crippen LogP contribution in [-0.4, -0.2) is 70.6 Å². The molecule has 5 atom stereocenters. The summed E-state index contributed by atoms with van der Waals surface area (Å²) in [6, 6.07) is 0. The monoisotopic (exact) mass is 360 g/mol. The molecule has 2 fully saturated rings. The topological polar surface area (TPSA) is 81.7 Å². The van der Waals surface area contributed by atoms with Gasteiger partial charge in [0.2, 0.25) is 11.6 Å². The smallest absolute Gasteiger partial charge is 0.338 e. The Bertz CT molecular complexity index is 523. The summed E-state index contributed by atoms with van der Waals surface area (Å²) >= 11 is 0. The zero-order chi connectivity index (χ0) is 18.9. The molecule has 0 aromatic heterocycles. The third kappa shape index (κ3) is 3.34. The first kappa shape index (κ1) is 20.3. The maximum Gasteiger partial charge on any atom is 0.338 e. The minimum atomic E-state index is -1.25. The van der Waals surface area contributed by atoms with Crippen molar-refractivity contribution in [3.8, 4) is 0 Å². The average molecular weight is 360 g/mol. The molecule has 0 unspecified atom stereocenters. The lowest BCUT2D eigenvalue weighted by Gasteiger charge is -2.55. The first-order valence-electron chi connectivity index (χ1n) is 8.06. The Morgan fingerprint density at radius 3 is 2.28 bits per heavy atom. The molecule has 8 nitrogen and oxygen atoms in total. The van der Waals surface area contributed by atoms with Crippen LogP contribution in [-0.2, 0) is 38.0 Å². The lowest BCUT2D eigenvalue weighted by molar-refractivity contribution is -0.448. The van der Waals surface area contributed by atoms with Crippen LogP contribution in [0.4, 0.5) is 0 Å². The van der Waals surface area contributed by atoms with Gasteiger partial charge in [0.15, 0.2) is 5.60 Å². The van der Waals surface area contributed by atoms with Crippen LogP contribution < -0.4 is 0 Å². The molecule has 0 N–H and O–H groups in total. The highest BCUT2D eigenvalue weighted by atomic mass is 16.8. The minimum absolute atomic E-state index is 0.0576. The third-order valence-corrected chi connectivity index (χ3v) is 5.13. The molecule has 1 saturated carbocycles. The second-order valence-corrected chi connectivity index (χ2v) is 6.57. The van der Waals surface area contributed by atoms with E-state index in [-0.39, 0.29) is 19.6 Å². The van der Waals surface area contributed by atoms with Gasteiger partial charge in [0.25, 0.3) is 0 Å². The standard InChI is InChI=1S/C17H28O8/c1-11-8-17(14(18)20-5,23-10-19-4)9-12-13(11)25-16(3,22-7)15(2,21-6)24-12/h12-13H,1,8-10H2,2-7H3/t12-,13-,15+,16+,17+/m1/s1. The lowest BCUT2D eigenvalue weighted by atomic mass is 9.77. The van der Waals surface area contributed by atoms with Crippen LogP contribution >= 0.6 is 0 Å². The van der Waals surface area contributed by atoms with E-state index in [1.54, 1.807) is 13.8 Å². The van der Waals surface area contributed by atoms with Crippen LogP contribution in [0, 0.1) is 0 Å². The summed E-state index contributed by atoms with van der Waals surface area (Å²) in [5, 5.41) is 0. The molecule has 0 aromatic carbocycles. The number of hydrogen-bond donors (Lipinski definition) is 0. The van der Waals surface area contributed by atoms with Gasteiger partial charge >= 0.3 is 5.97 Å². The first-order valence-corrected chi connectivity index (χ1v) is 8.06. The van der Waals surface area contributed by atoms with Crippen molar-refractivity contribution in [2.45, 2.75) is 56.1 Å².